The van der Waals surface area contributed by atoms with Gasteiger partial charge in [-0.25, -0.2) is 0 Å². The SMILES string of the molecule is CCCCC/C=C\C/C=C\CCCCCCCC(=O)OCCCCCCCCCCCCCCCC(=O)NC(CO)C(O)CCCCCCCCCCCCCCCC. The Kier molecular flexibility index (Phi) is 47.6. The zero-order valence-electron chi connectivity index (χ0n) is 39.5. The van der Waals surface area contributed by atoms with Crippen LogP contribution < -0.4 is 5.32 Å². The first-order valence-electron chi connectivity index (χ1n) is 26.1. The van der Waals surface area contributed by atoms with Crippen molar-refractivity contribution in [1.29, 1.82) is 0 Å². The minimum Gasteiger partial charge on any atom is -0.466 e. The van der Waals surface area contributed by atoms with Gasteiger partial charge in [0, 0.05) is 12.8 Å². The lowest BCUT2D eigenvalue weighted by atomic mass is 10.0. The van der Waals surface area contributed by atoms with E-state index in [0.29, 0.717) is 25.9 Å². The minimum absolute atomic E-state index is 0.0194. The molecule has 0 spiro atoms. The summed E-state index contributed by atoms with van der Waals surface area (Å²) in [5.74, 6) is -0.0677. The van der Waals surface area contributed by atoms with Crippen LogP contribution in [-0.2, 0) is 14.3 Å². The molecule has 348 valence electrons. The lowest BCUT2D eigenvalue weighted by molar-refractivity contribution is -0.143. The first kappa shape index (κ1) is 57.3. The molecule has 0 bridgehead atoms. The molecule has 2 unspecified atom stereocenters. The number of aliphatic hydroxyl groups is 2. The van der Waals surface area contributed by atoms with Crippen LogP contribution >= 0.6 is 0 Å². The molecule has 0 fully saturated rings. The summed E-state index contributed by atoms with van der Waals surface area (Å²) in [5.41, 5.74) is 0. The van der Waals surface area contributed by atoms with Crippen LogP contribution in [0.2, 0.25) is 0 Å². The zero-order valence-corrected chi connectivity index (χ0v) is 39.5. The van der Waals surface area contributed by atoms with E-state index in [1.807, 2.05) is 0 Å². The van der Waals surface area contributed by atoms with E-state index in [4.69, 9.17) is 4.74 Å². The van der Waals surface area contributed by atoms with Gasteiger partial charge >= 0.3 is 5.97 Å². The van der Waals surface area contributed by atoms with Crippen molar-refractivity contribution in [2.24, 2.45) is 0 Å². The second-order valence-corrected chi connectivity index (χ2v) is 17.9. The van der Waals surface area contributed by atoms with Gasteiger partial charge in [-0.05, 0) is 57.8 Å². The Morgan fingerprint density at radius 2 is 0.847 bits per heavy atom. The highest BCUT2D eigenvalue weighted by molar-refractivity contribution is 5.76. The molecule has 0 saturated heterocycles. The van der Waals surface area contributed by atoms with Gasteiger partial charge < -0.3 is 20.3 Å². The summed E-state index contributed by atoms with van der Waals surface area (Å²) < 4.78 is 5.46. The molecule has 0 aromatic heterocycles. The van der Waals surface area contributed by atoms with Crippen LogP contribution in [0.25, 0.3) is 0 Å². The van der Waals surface area contributed by atoms with Crippen molar-refractivity contribution in [2.45, 2.75) is 289 Å². The monoisotopic (exact) mass is 832 g/mol. The van der Waals surface area contributed by atoms with Crippen molar-refractivity contribution >= 4 is 11.9 Å². The maximum absolute atomic E-state index is 12.4. The number of aliphatic hydroxyl groups excluding tert-OH is 2. The highest BCUT2D eigenvalue weighted by atomic mass is 16.5. The van der Waals surface area contributed by atoms with E-state index in [1.54, 1.807) is 0 Å². The average molecular weight is 832 g/mol. The molecule has 6 heteroatoms. The lowest BCUT2D eigenvalue weighted by Gasteiger charge is -2.22. The summed E-state index contributed by atoms with van der Waals surface area (Å²) in [6.07, 6.45) is 57.1. The number of unbranched alkanes of at least 4 members (excludes halogenated alkanes) is 33. The van der Waals surface area contributed by atoms with E-state index >= 15 is 0 Å². The van der Waals surface area contributed by atoms with Gasteiger partial charge in [0.1, 0.15) is 0 Å². The van der Waals surface area contributed by atoms with Crippen molar-refractivity contribution in [2.75, 3.05) is 13.2 Å². The van der Waals surface area contributed by atoms with E-state index in [2.05, 4.69) is 43.5 Å². The summed E-state index contributed by atoms with van der Waals surface area (Å²) >= 11 is 0. The summed E-state index contributed by atoms with van der Waals surface area (Å²) in [6.45, 7) is 4.89. The summed E-state index contributed by atoms with van der Waals surface area (Å²) in [5, 5.41) is 23.2. The summed E-state index contributed by atoms with van der Waals surface area (Å²) in [6, 6.07) is -0.551. The second kappa shape index (κ2) is 49.0. The van der Waals surface area contributed by atoms with Crippen LogP contribution in [0.15, 0.2) is 24.3 Å². The van der Waals surface area contributed by atoms with Gasteiger partial charge in [-0.3, -0.25) is 9.59 Å². The molecular formula is C53H101NO5. The minimum atomic E-state index is -0.672. The Morgan fingerprint density at radius 1 is 0.475 bits per heavy atom. The van der Waals surface area contributed by atoms with Crippen LogP contribution in [0.5, 0.6) is 0 Å². The number of amides is 1. The van der Waals surface area contributed by atoms with E-state index in [9.17, 15) is 19.8 Å². The Labute approximate surface area is 367 Å². The third-order valence-corrected chi connectivity index (χ3v) is 12.0. The summed E-state index contributed by atoms with van der Waals surface area (Å²) in [4.78, 5) is 24.5. The van der Waals surface area contributed by atoms with Crippen molar-refractivity contribution in [3.63, 3.8) is 0 Å². The Hall–Kier alpha value is -1.66. The molecule has 0 aliphatic carbocycles. The smallest absolute Gasteiger partial charge is 0.305 e. The molecule has 2 atom stereocenters. The molecule has 3 N–H and O–H groups in total. The normalized spacial score (nSPS) is 12.8. The second-order valence-electron chi connectivity index (χ2n) is 17.9. The number of ether oxygens (including phenoxy) is 1. The molecule has 0 aliphatic rings. The highest BCUT2D eigenvalue weighted by Crippen LogP contribution is 2.16. The molecule has 6 nitrogen and oxygen atoms in total. The third-order valence-electron chi connectivity index (χ3n) is 12.0. The molecule has 59 heavy (non-hydrogen) atoms. The van der Waals surface area contributed by atoms with Gasteiger partial charge in [-0.15, -0.1) is 0 Å². The number of rotatable bonds is 48. The number of hydrogen-bond acceptors (Lipinski definition) is 5. The number of nitrogens with one attached hydrogen (secondary N) is 1. The fourth-order valence-electron chi connectivity index (χ4n) is 7.96. The first-order valence-corrected chi connectivity index (χ1v) is 26.1. The third kappa shape index (κ3) is 45.7. The van der Waals surface area contributed by atoms with Crippen LogP contribution in [0.4, 0.5) is 0 Å². The number of carbonyl (C=O) groups excluding carboxylic acids is 2. The van der Waals surface area contributed by atoms with E-state index < -0.39 is 12.1 Å². The Bertz CT molecular complexity index is 920. The topological polar surface area (TPSA) is 95.9 Å². The fraction of sp³-hybridized carbons (Fsp3) is 0.887. The van der Waals surface area contributed by atoms with E-state index in [-0.39, 0.29) is 18.5 Å². The average Bonchev–Trinajstić information content (AvgIpc) is 3.24. The highest BCUT2D eigenvalue weighted by Gasteiger charge is 2.20. The zero-order chi connectivity index (χ0) is 43.0. The number of carbonyl (C=O) groups is 2. The standard InChI is InChI=1S/C53H101NO5/c1-3-5-7-9-11-13-15-17-19-23-27-31-35-39-43-47-53(58)59-48-44-40-36-32-28-24-20-22-26-30-34-38-42-46-52(57)54-50(49-55)51(56)45-41-37-33-29-25-21-18-16-14-12-10-8-6-4-2/h11,13,17,19,50-51,55-56H,3-10,12,14-16,18,20-49H2,1-2H3,(H,54,57)/b13-11-,19-17-. The lowest BCUT2D eigenvalue weighted by Crippen LogP contribution is -2.45. The molecule has 0 radical (unpaired) electrons. The predicted octanol–water partition coefficient (Wildman–Crippen LogP) is 15.5. The molecule has 0 saturated carbocycles. The van der Waals surface area contributed by atoms with Gasteiger partial charge in [0.15, 0.2) is 0 Å². The predicted molar refractivity (Wildman–Crippen MR) is 255 cm³/mol. The maximum Gasteiger partial charge on any atom is 0.305 e. The largest absolute Gasteiger partial charge is 0.466 e. The molecule has 0 aliphatic heterocycles. The van der Waals surface area contributed by atoms with Crippen LogP contribution in [0.3, 0.4) is 0 Å². The van der Waals surface area contributed by atoms with E-state index in [1.165, 1.54) is 186 Å². The van der Waals surface area contributed by atoms with Crippen LogP contribution in [-0.4, -0.2) is 47.4 Å². The van der Waals surface area contributed by atoms with Crippen molar-refractivity contribution in [3.05, 3.63) is 24.3 Å². The number of hydrogen-bond donors (Lipinski definition) is 3. The molecule has 0 aromatic carbocycles. The van der Waals surface area contributed by atoms with Crippen molar-refractivity contribution < 1.29 is 24.5 Å². The fourth-order valence-corrected chi connectivity index (χ4v) is 7.96. The van der Waals surface area contributed by atoms with Gasteiger partial charge in [0.2, 0.25) is 5.91 Å². The summed E-state index contributed by atoms with van der Waals surface area (Å²) in [7, 11) is 0. The van der Waals surface area contributed by atoms with Crippen LogP contribution in [0, 0.1) is 0 Å². The van der Waals surface area contributed by atoms with Gasteiger partial charge in [0.05, 0.1) is 25.4 Å². The maximum atomic E-state index is 12.4. The van der Waals surface area contributed by atoms with Gasteiger partial charge in [0.25, 0.3) is 0 Å². The quantitative estimate of drug-likeness (QED) is 0.0322. The Morgan fingerprint density at radius 3 is 1.32 bits per heavy atom. The molecule has 1 amide bonds. The Balaban J connectivity index is 3.46. The molecular weight excluding hydrogens is 731 g/mol. The number of allylic oxidation sites excluding steroid dienone is 4. The van der Waals surface area contributed by atoms with Crippen LogP contribution in [0.1, 0.15) is 277 Å². The number of esters is 1. The molecule has 0 aromatic rings. The first-order chi connectivity index (χ1) is 29.0. The van der Waals surface area contributed by atoms with Crippen molar-refractivity contribution in [1.82, 2.24) is 5.32 Å². The van der Waals surface area contributed by atoms with Gasteiger partial charge in [-0.1, -0.05) is 231 Å². The van der Waals surface area contributed by atoms with Gasteiger partial charge in [-0.2, -0.15) is 0 Å². The van der Waals surface area contributed by atoms with Crippen molar-refractivity contribution in [3.8, 4) is 0 Å². The molecule has 0 heterocycles. The molecule has 0 rings (SSSR count). The van der Waals surface area contributed by atoms with E-state index in [0.717, 1.165) is 57.8 Å².